The zero-order valence-electron chi connectivity index (χ0n) is 12.3. The zero-order chi connectivity index (χ0) is 14.5. The van der Waals surface area contributed by atoms with Crippen molar-refractivity contribution in [1.82, 2.24) is 14.8 Å². The van der Waals surface area contributed by atoms with E-state index in [4.69, 9.17) is 4.74 Å². The number of nitrogens with zero attached hydrogens (tertiary/aromatic N) is 4. The molecule has 3 heterocycles. The largest absolute Gasteiger partial charge is 0.380 e. The second kappa shape index (κ2) is 6.58. The SMILES string of the molecule is CCn1cc(CNc2ccc(N3CCOCC3)nc2)cn1. The molecule has 0 saturated carbocycles. The van der Waals surface area contributed by atoms with Crippen LogP contribution in [0.4, 0.5) is 11.5 Å². The van der Waals surface area contributed by atoms with Crippen LogP contribution in [0.3, 0.4) is 0 Å². The second-order valence-electron chi connectivity index (χ2n) is 5.06. The number of pyridine rings is 1. The quantitative estimate of drug-likeness (QED) is 0.908. The summed E-state index contributed by atoms with van der Waals surface area (Å²) in [7, 11) is 0. The molecule has 0 bridgehead atoms. The molecule has 1 saturated heterocycles. The highest BCUT2D eigenvalue weighted by atomic mass is 16.5. The van der Waals surface area contributed by atoms with Gasteiger partial charge in [-0.25, -0.2) is 4.98 Å². The lowest BCUT2D eigenvalue weighted by Gasteiger charge is -2.27. The normalized spacial score (nSPS) is 15.2. The molecule has 6 heteroatoms. The molecule has 1 aliphatic heterocycles. The zero-order valence-corrected chi connectivity index (χ0v) is 12.3. The van der Waals surface area contributed by atoms with Crippen LogP contribution in [-0.2, 0) is 17.8 Å². The molecule has 0 atom stereocenters. The summed E-state index contributed by atoms with van der Waals surface area (Å²) in [6.07, 6.45) is 5.84. The van der Waals surface area contributed by atoms with Gasteiger partial charge in [-0.15, -0.1) is 0 Å². The van der Waals surface area contributed by atoms with Gasteiger partial charge in [-0.3, -0.25) is 4.68 Å². The molecular formula is C15H21N5O. The third-order valence-corrected chi connectivity index (χ3v) is 3.59. The second-order valence-corrected chi connectivity index (χ2v) is 5.06. The van der Waals surface area contributed by atoms with E-state index in [0.717, 1.165) is 50.9 Å². The first-order valence-corrected chi connectivity index (χ1v) is 7.39. The van der Waals surface area contributed by atoms with E-state index in [2.05, 4.69) is 45.6 Å². The molecule has 0 spiro atoms. The van der Waals surface area contributed by atoms with Crippen LogP contribution in [0.15, 0.2) is 30.7 Å². The van der Waals surface area contributed by atoms with Gasteiger partial charge in [0.1, 0.15) is 5.82 Å². The summed E-state index contributed by atoms with van der Waals surface area (Å²) in [6, 6.07) is 4.13. The van der Waals surface area contributed by atoms with Gasteiger partial charge >= 0.3 is 0 Å². The summed E-state index contributed by atoms with van der Waals surface area (Å²) in [4.78, 5) is 6.77. The van der Waals surface area contributed by atoms with Crippen LogP contribution in [0.5, 0.6) is 0 Å². The maximum atomic E-state index is 5.35. The van der Waals surface area contributed by atoms with Gasteiger partial charge in [-0.2, -0.15) is 5.10 Å². The molecule has 0 aromatic carbocycles. The van der Waals surface area contributed by atoms with Crippen LogP contribution >= 0.6 is 0 Å². The molecule has 3 rings (SSSR count). The van der Waals surface area contributed by atoms with Crippen molar-refractivity contribution in [2.75, 3.05) is 36.5 Å². The van der Waals surface area contributed by atoms with Gasteiger partial charge < -0.3 is 15.0 Å². The molecule has 6 nitrogen and oxygen atoms in total. The summed E-state index contributed by atoms with van der Waals surface area (Å²) >= 11 is 0. The first-order chi connectivity index (χ1) is 10.3. The number of ether oxygens (including phenoxy) is 1. The first kappa shape index (κ1) is 13.9. The molecule has 2 aromatic heterocycles. The van der Waals surface area contributed by atoms with Crippen molar-refractivity contribution in [3.8, 4) is 0 Å². The average molecular weight is 287 g/mol. The van der Waals surface area contributed by atoms with Gasteiger partial charge in [0.2, 0.25) is 0 Å². The number of aromatic nitrogens is 3. The molecule has 0 unspecified atom stereocenters. The van der Waals surface area contributed by atoms with E-state index in [1.807, 2.05) is 17.1 Å². The summed E-state index contributed by atoms with van der Waals surface area (Å²) < 4.78 is 7.28. The number of hydrogen-bond donors (Lipinski definition) is 1. The molecule has 1 aliphatic rings. The Kier molecular flexibility index (Phi) is 4.35. The van der Waals surface area contributed by atoms with E-state index >= 15 is 0 Å². The van der Waals surface area contributed by atoms with Crippen LogP contribution in [0, 0.1) is 0 Å². The topological polar surface area (TPSA) is 55.2 Å². The van der Waals surface area contributed by atoms with Crippen LogP contribution < -0.4 is 10.2 Å². The van der Waals surface area contributed by atoms with Gasteiger partial charge in [0, 0.05) is 37.9 Å². The average Bonchev–Trinajstić information content (AvgIpc) is 3.02. The Morgan fingerprint density at radius 2 is 2.10 bits per heavy atom. The van der Waals surface area contributed by atoms with Gasteiger partial charge in [-0.05, 0) is 19.1 Å². The molecule has 21 heavy (non-hydrogen) atoms. The Hall–Kier alpha value is -2.08. The number of hydrogen-bond acceptors (Lipinski definition) is 5. The van der Waals surface area contributed by atoms with E-state index in [0.29, 0.717) is 0 Å². The van der Waals surface area contributed by atoms with Crippen LogP contribution in [0.25, 0.3) is 0 Å². The Morgan fingerprint density at radius 3 is 2.76 bits per heavy atom. The van der Waals surface area contributed by atoms with Crippen molar-refractivity contribution in [1.29, 1.82) is 0 Å². The number of anilines is 2. The predicted molar refractivity (Wildman–Crippen MR) is 82.5 cm³/mol. The lowest BCUT2D eigenvalue weighted by molar-refractivity contribution is 0.122. The van der Waals surface area contributed by atoms with E-state index in [9.17, 15) is 0 Å². The predicted octanol–water partition coefficient (Wildman–Crippen LogP) is 1.75. The number of aryl methyl sites for hydroxylation is 1. The molecule has 1 N–H and O–H groups in total. The molecule has 0 amide bonds. The van der Waals surface area contributed by atoms with Crippen molar-refractivity contribution >= 4 is 11.5 Å². The highest BCUT2D eigenvalue weighted by Crippen LogP contribution is 2.16. The van der Waals surface area contributed by atoms with Crippen molar-refractivity contribution < 1.29 is 4.74 Å². The maximum Gasteiger partial charge on any atom is 0.128 e. The van der Waals surface area contributed by atoms with Crippen LogP contribution in [0.2, 0.25) is 0 Å². The summed E-state index contributed by atoms with van der Waals surface area (Å²) in [5.74, 6) is 1.02. The fourth-order valence-corrected chi connectivity index (χ4v) is 2.34. The van der Waals surface area contributed by atoms with Gasteiger partial charge in [0.15, 0.2) is 0 Å². The number of morpholine rings is 1. The van der Waals surface area contributed by atoms with Gasteiger partial charge in [0.25, 0.3) is 0 Å². The van der Waals surface area contributed by atoms with E-state index in [1.165, 1.54) is 5.56 Å². The van der Waals surface area contributed by atoms with Crippen LogP contribution in [0.1, 0.15) is 12.5 Å². The first-order valence-electron chi connectivity index (χ1n) is 7.39. The minimum atomic E-state index is 0.762. The third-order valence-electron chi connectivity index (χ3n) is 3.59. The summed E-state index contributed by atoms with van der Waals surface area (Å²) in [5, 5.41) is 7.63. The van der Waals surface area contributed by atoms with Crippen molar-refractivity contribution in [2.24, 2.45) is 0 Å². The maximum absolute atomic E-state index is 5.35. The molecule has 112 valence electrons. The Balaban J connectivity index is 1.56. The van der Waals surface area contributed by atoms with E-state index in [-0.39, 0.29) is 0 Å². The highest BCUT2D eigenvalue weighted by Gasteiger charge is 2.11. The van der Waals surface area contributed by atoms with Gasteiger partial charge in [-0.1, -0.05) is 0 Å². The Morgan fingerprint density at radius 1 is 1.24 bits per heavy atom. The molecule has 0 aliphatic carbocycles. The number of rotatable bonds is 5. The van der Waals surface area contributed by atoms with Crippen LogP contribution in [-0.4, -0.2) is 41.1 Å². The molecule has 2 aromatic rings. The summed E-state index contributed by atoms with van der Waals surface area (Å²) in [5.41, 5.74) is 2.20. The lowest BCUT2D eigenvalue weighted by atomic mass is 10.3. The Bertz CT molecular complexity index is 560. The minimum Gasteiger partial charge on any atom is -0.380 e. The van der Waals surface area contributed by atoms with Crippen molar-refractivity contribution in [3.05, 3.63) is 36.3 Å². The minimum absolute atomic E-state index is 0.762. The Labute approximate surface area is 124 Å². The molecule has 1 fully saturated rings. The van der Waals surface area contributed by atoms with Gasteiger partial charge in [0.05, 0.1) is 31.3 Å². The van der Waals surface area contributed by atoms with Crippen molar-refractivity contribution in [2.45, 2.75) is 20.0 Å². The van der Waals surface area contributed by atoms with E-state index < -0.39 is 0 Å². The fourth-order valence-electron chi connectivity index (χ4n) is 2.34. The smallest absolute Gasteiger partial charge is 0.128 e. The standard InChI is InChI=1S/C15H21N5O/c1-2-20-12-13(10-18-20)9-16-14-3-4-15(17-11-14)19-5-7-21-8-6-19/h3-4,10-12,16H,2,5-9H2,1H3. The number of nitrogens with one attached hydrogen (secondary N) is 1. The summed E-state index contributed by atoms with van der Waals surface area (Å²) in [6.45, 7) is 7.13. The van der Waals surface area contributed by atoms with Crippen molar-refractivity contribution in [3.63, 3.8) is 0 Å². The third kappa shape index (κ3) is 3.52. The molecular weight excluding hydrogens is 266 g/mol. The highest BCUT2D eigenvalue weighted by molar-refractivity contribution is 5.49. The fraction of sp³-hybridized carbons (Fsp3) is 0.467. The lowest BCUT2D eigenvalue weighted by Crippen LogP contribution is -2.36. The molecule has 0 radical (unpaired) electrons. The van der Waals surface area contributed by atoms with E-state index in [1.54, 1.807) is 0 Å². The monoisotopic (exact) mass is 287 g/mol.